The predicted octanol–water partition coefficient (Wildman–Crippen LogP) is 2.84. The number of aromatic nitrogens is 3. The van der Waals surface area contributed by atoms with E-state index in [9.17, 15) is 0 Å². The molecule has 4 rings (SSSR count). The second-order valence-corrected chi connectivity index (χ2v) is 8.21. The lowest BCUT2D eigenvalue weighted by Crippen LogP contribution is -2.44. The highest BCUT2D eigenvalue weighted by molar-refractivity contribution is 5.66. The monoisotopic (exact) mass is 430 g/mol. The number of nitrogens with zero attached hydrogens (tertiary/aromatic N) is 6. The van der Waals surface area contributed by atoms with Crippen LogP contribution in [0.4, 0.5) is 23.0 Å². The van der Waals surface area contributed by atoms with Crippen molar-refractivity contribution >= 4 is 28.7 Å². The SMILES string of the molecule is C=C(c1ccc(N2CCN(C)CC2)nc1)n1ccnc(Nc2cccc(N(C)C)c2)c1=N. The number of pyridine rings is 1. The maximum atomic E-state index is 8.67. The highest BCUT2D eigenvalue weighted by Gasteiger charge is 2.15. The molecule has 0 radical (unpaired) electrons. The third-order valence-electron chi connectivity index (χ3n) is 5.71. The van der Waals surface area contributed by atoms with Gasteiger partial charge in [-0.25, -0.2) is 9.97 Å². The number of hydrogen-bond acceptors (Lipinski definition) is 7. The normalized spacial score (nSPS) is 14.3. The van der Waals surface area contributed by atoms with Crippen LogP contribution < -0.4 is 20.6 Å². The van der Waals surface area contributed by atoms with Gasteiger partial charge in [0.05, 0.1) is 0 Å². The Bertz CT molecular complexity index is 1140. The standard InChI is InChI=1S/C24H30N8/c1-18(19-8-9-22(27-17-19)31-14-12-30(4)13-15-31)32-11-10-26-24(23(32)25)28-20-6-5-7-21(16-20)29(2)3/h5-11,16-17,25H,1,12-15H2,2-4H3,(H,26,28). The van der Waals surface area contributed by atoms with E-state index in [0.717, 1.165) is 48.9 Å². The number of hydrogen-bond donors (Lipinski definition) is 2. The van der Waals surface area contributed by atoms with Crippen molar-refractivity contribution in [2.45, 2.75) is 0 Å². The van der Waals surface area contributed by atoms with E-state index in [1.54, 1.807) is 17.0 Å². The summed E-state index contributed by atoms with van der Waals surface area (Å²) >= 11 is 0. The lowest BCUT2D eigenvalue weighted by atomic mass is 10.2. The average Bonchev–Trinajstić information content (AvgIpc) is 2.81. The number of benzene rings is 1. The first-order valence-electron chi connectivity index (χ1n) is 10.7. The molecule has 0 amide bonds. The van der Waals surface area contributed by atoms with Crippen LogP contribution >= 0.6 is 0 Å². The second kappa shape index (κ2) is 9.23. The van der Waals surface area contributed by atoms with Crippen LogP contribution in [0.1, 0.15) is 5.56 Å². The molecule has 1 fully saturated rings. The fraction of sp³-hybridized carbons (Fsp3) is 0.292. The van der Waals surface area contributed by atoms with Crippen LogP contribution in [0, 0.1) is 5.41 Å². The molecule has 0 atom stereocenters. The molecule has 8 heteroatoms. The van der Waals surface area contributed by atoms with E-state index in [-0.39, 0.29) is 5.49 Å². The van der Waals surface area contributed by atoms with Crippen molar-refractivity contribution in [2.24, 2.45) is 0 Å². The summed E-state index contributed by atoms with van der Waals surface area (Å²) in [5.41, 5.74) is 3.73. The molecule has 0 spiro atoms. The summed E-state index contributed by atoms with van der Waals surface area (Å²) in [6.07, 6.45) is 5.25. The number of anilines is 4. The quantitative estimate of drug-likeness (QED) is 0.626. The first-order valence-corrected chi connectivity index (χ1v) is 10.7. The van der Waals surface area contributed by atoms with Crippen LogP contribution in [0.15, 0.2) is 61.6 Å². The van der Waals surface area contributed by atoms with Gasteiger partial charge >= 0.3 is 0 Å². The number of rotatable bonds is 6. The third kappa shape index (κ3) is 4.65. The van der Waals surface area contributed by atoms with Gasteiger partial charge in [0.2, 0.25) is 0 Å². The van der Waals surface area contributed by atoms with E-state index in [1.165, 1.54) is 0 Å². The van der Waals surface area contributed by atoms with Crippen LogP contribution in [0.3, 0.4) is 0 Å². The molecule has 0 saturated carbocycles. The van der Waals surface area contributed by atoms with Gasteiger partial charge in [-0.1, -0.05) is 12.6 Å². The number of likely N-dealkylation sites (N-methyl/N-ethyl adjacent to an activating group) is 1. The van der Waals surface area contributed by atoms with Gasteiger partial charge in [0, 0.05) is 81.5 Å². The molecule has 2 N–H and O–H groups in total. The Morgan fingerprint density at radius 3 is 2.56 bits per heavy atom. The summed E-state index contributed by atoms with van der Waals surface area (Å²) in [6, 6.07) is 12.0. The summed E-state index contributed by atoms with van der Waals surface area (Å²) in [6.45, 7) is 8.25. The lowest BCUT2D eigenvalue weighted by molar-refractivity contribution is 0.312. The molecular weight excluding hydrogens is 400 g/mol. The Hall–Kier alpha value is -3.65. The smallest absolute Gasteiger partial charge is 0.173 e. The average molecular weight is 431 g/mol. The maximum absolute atomic E-state index is 8.67. The van der Waals surface area contributed by atoms with Crippen LogP contribution in [-0.4, -0.2) is 66.8 Å². The summed E-state index contributed by atoms with van der Waals surface area (Å²) in [5, 5.41) is 11.9. The van der Waals surface area contributed by atoms with Gasteiger partial charge in [0.1, 0.15) is 5.82 Å². The Labute approximate surface area is 189 Å². The van der Waals surface area contributed by atoms with Crippen molar-refractivity contribution in [1.29, 1.82) is 5.41 Å². The molecule has 3 heterocycles. The van der Waals surface area contributed by atoms with Gasteiger partial charge in [0.15, 0.2) is 11.3 Å². The maximum Gasteiger partial charge on any atom is 0.173 e. The van der Waals surface area contributed by atoms with Crippen molar-refractivity contribution in [3.05, 3.63) is 72.6 Å². The van der Waals surface area contributed by atoms with Crippen LogP contribution in [0.2, 0.25) is 0 Å². The minimum atomic E-state index is 0.232. The molecule has 1 aliphatic heterocycles. The van der Waals surface area contributed by atoms with E-state index in [1.807, 2.05) is 61.6 Å². The molecule has 32 heavy (non-hydrogen) atoms. The fourth-order valence-electron chi connectivity index (χ4n) is 3.66. The molecule has 1 aliphatic rings. The van der Waals surface area contributed by atoms with Gasteiger partial charge < -0.3 is 20.0 Å². The minimum Gasteiger partial charge on any atom is -0.378 e. The summed E-state index contributed by atoms with van der Waals surface area (Å²) in [4.78, 5) is 15.7. The van der Waals surface area contributed by atoms with Gasteiger partial charge in [-0.15, -0.1) is 0 Å². The highest BCUT2D eigenvalue weighted by atomic mass is 15.3. The summed E-state index contributed by atoms with van der Waals surface area (Å²) in [7, 11) is 6.14. The van der Waals surface area contributed by atoms with Crippen molar-refractivity contribution < 1.29 is 0 Å². The van der Waals surface area contributed by atoms with Crippen LogP contribution in [0.5, 0.6) is 0 Å². The van der Waals surface area contributed by atoms with E-state index < -0.39 is 0 Å². The van der Waals surface area contributed by atoms with Gasteiger partial charge in [0.25, 0.3) is 0 Å². The lowest BCUT2D eigenvalue weighted by Gasteiger charge is -2.33. The largest absolute Gasteiger partial charge is 0.378 e. The van der Waals surface area contributed by atoms with Gasteiger partial charge in [-0.3, -0.25) is 9.98 Å². The molecule has 1 aromatic carbocycles. The summed E-state index contributed by atoms with van der Waals surface area (Å²) in [5.74, 6) is 1.44. The van der Waals surface area contributed by atoms with Gasteiger partial charge in [-0.05, 0) is 37.4 Å². The topological polar surface area (TPSA) is 76.3 Å². The predicted molar refractivity (Wildman–Crippen MR) is 131 cm³/mol. The van der Waals surface area contributed by atoms with Crippen molar-refractivity contribution in [3.8, 4) is 0 Å². The second-order valence-electron chi connectivity index (χ2n) is 8.21. The van der Waals surface area contributed by atoms with Crippen molar-refractivity contribution in [3.63, 3.8) is 0 Å². The minimum absolute atomic E-state index is 0.232. The van der Waals surface area contributed by atoms with Crippen LogP contribution in [-0.2, 0) is 0 Å². The molecule has 1 saturated heterocycles. The molecule has 166 valence electrons. The van der Waals surface area contributed by atoms with Crippen LogP contribution in [0.25, 0.3) is 5.70 Å². The highest BCUT2D eigenvalue weighted by Crippen LogP contribution is 2.21. The third-order valence-corrected chi connectivity index (χ3v) is 5.71. The molecule has 8 nitrogen and oxygen atoms in total. The molecule has 0 aliphatic carbocycles. The summed E-state index contributed by atoms with van der Waals surface area (Å²) < 4.78 is 1.72. The Morgan fingerprint density at radius 2 is 1.88 bits per heavy atom. The Morgan fingerprint density at radius 1 is 1.09 bits per heavy atom. The fourth-order valence-corrected chi connectivity index (χ4v) is 3.66. The zero-order valence-corrected chi connectivity index (χ0v) is 18.9. The first-order chi connectivity index (χ1) is 15.4. The van der Waals surface area contributed by atoms with E-state index >= 15 is 0 Å². The van der Waals surface area contributed by atoms with E-state index in [4.69, 9.17) is 5.41 Å². The zero-order valence-electron chi connectivity index (χ0n) is 18.9. The molecule has 2 aromatic heterocycles. The Balaban J connectivity index is 1.53. The first kappa shape index (κ1) is 21.6. The number of piperazine rings is 1. The molecular formula is C24H30N8. The molecule has 0 bridgehead atoms. The van der Waals surface area contributed by atoms with Crippen molar-refractivity contribution in [1.82, 2.24) is 19.4 Å². The number of nitrogens with one attached hydrogen (secondary N) is 2. The molecule has 0 unspecified atom stereocenters. The van der Waals surface area contributed by atoms with E-state index in [0.29, 0.717) is 11.5 Å². The molecule has 3 aromatic rings. The zero-order chi connectivity index (χ0) is 22.7. The van der Waals surface area contributed by atoms with Crippen molar-refractivity contribution in [2.75, 3.05) is 62.4 Å². The van der Waals surface area contributed by atoms with Gasteiger partial charge in [-0.2, -0.15) is 0 Å². The van der Waals surface area contributed by atoms with E-state index in [2.05, 4.69) is 38.7 Å². The Kier molecular flexibility index (Phi) is 6.23.